The fourth-order valence-corrected chi connectivity index (χ4v) is 15.8. The minimum absolute atomic E-state index is 0.00375. The molecule has 0 bridgehead atoms. The molecule has 0 N–H and O–H groups in total. The lowest BCUT2D eigenvalue weighted by Crippen LogP contribution is -2.69. The average Bonchev–Trinajstić information content (AvgIpc) is 3.97. The van der Waals surface area contributed by atoms with Crippen LogP contribution in [0.15, 0.2) is 36.5 Å². The van der Waals surface area contributed by atoms with Crippen LogP contribution in [0.5, 0.6) is 0 Å². The molecule has 0 spiro atoms. The van der Waals surface area contributed by atoms with Gasteiger partial charge in [-0.3, -0.25) is 4.79 Å². The lowest BCUT2D eigenvalue weighted by molar-refractivity contribution is -0.266. The van der Waals surface area contributed by atoms with Crippen molar-refractivity contribution in [2.75, 3.05) is 13.7 Å². The summed E-state index contributed by atoms with van der Waals surface area (Å²) in [6.45, 7) is 51.9. The largest absolute Gasteiger partial charge is 0.408 e. The number of carbonyl (C=O) groups excluding carboxylic acids is 2. The third-order valence-electron chi connectivity index (χ3n) is 19.7. The zero-order valence-corrected chi connectivity index (χ0v) is 55.5. The van der Waals surface area contributed by atoms with E-state index in [-0.39, 0.29) is 113 Å². The molecular weight excluding hydrogens is 1040 g/mol. The maximum atomic E-state index is 15.0. The number of ketones is 1. The first kappa shape index (κ1) is 65.9. The zero-order chi connectivity index (χ0) is 58.1. The molecule has 0 aromatic carbocycles. The van der Waals surface area contributed by atoms with E-state index in [9.17, 15) is 9.59 Å². The van der Waals surface area contributed by atoms with Gasteiger partial charge in [-0.25, -0.2) is 0 Å². The van der Waals surface area contributed by atoms with Gasteiger partial charge in [-0.05, 0) is 137 Å². The number of carbonyl (C=O) groups is 2. The van der Waals surface area contributed by atoms with Crippen molar-refractivity contribution < 1.29 is 60.8 Å². The number of methoxy groups -OCH3 is 1. The first-order valence-corrected chi connectivity index (χ1v) is 38.8. The van der Waals surface area contributed by atoms with Crippen LogP contribution in [-0.4, -0.2) is 148 Å². The number of hydrogen-bond acceptors (Lipinski definition) is 13. The molecule has 0 aliphatic carbocycles. The van der Waals surface area contributed by atoms with Crippen LogP contribution in [-0.2, 0) is 60.8 Å². The first-order valence-electron chi connectivity index (χ1n) is 30.1. The molecule has 16 heteroatoms. The van der Waals surface area contributed by atoms with E-state index in [2.05, 4.69) is 141 Å². The average molecular weight is 1150 g/mol. The van der Waals surface area contributed by atoms with Crippen molar-refractivity contribution in [1.29, 1.82) is 0 Å². The Morgan fingerprint density at radius 1 is 0.731 bits per heavy atom. The maximum absolute atomic E-state index is 15.0. The molecule has 6 aliphatic rings. The van der Waals surface area contributed by atoms with Crippen molar-refractivity contribution in [1.82, 2.24) is 0 Å². The van der Waals surface area contributed by atoms with Crippen LogP contribution in [0.25, 0.3) is 0 Å². The Balaban J connectivity index is 1.25. The van der Waals surface area contributed by atoms with Gasteiger partial charge in [0, 0.05) is 45.1 Å². The van der Waals surface area contributed by atoms with E-state index in [0.717, 1.165) is 49.5 Å². The molecule has 78 heavy (non-hydrogen) atoms. The van der Waals surface area contributed by atoms with E-state index in [4.69, 9.17) is 51.2 Å². The SMILES string of the molecule is C=C1C[C@H](CCC=O)OC1CCC1C[C@@H](C)C(=C)[C@@H](C[C@@H]2O[C@H](C[C@H]3COC(C)(C)O3)[C@H](OC)[C@H]2CC(=O)C[C@H]2CC[C@@H]3OC(C(/C=C/C)O[Si](C)(C)C(C)(C)C)C(O[Si](C)(C)C(C)(C)C)C(O[Si](C)(C)C(C)(C)C)[C@H]3O2)O1. The molecule has 6 aliphatic heterocycles. The summed E-state index contributed by atoms with van der Waals surface area (Å²) in [4.78, 5) is 26.0. The van der Waals surface area contributed by atoms with Crippen molar-refractivity contribution in [2.45, 2.75) is 319 Å². The van der Waals surface area contributed by atoms with Gasteiger partial charge in [0.15, 0.2) is 30.7 Å². The molecule has 448 valence electrons. The molecule has 6 saturated heterocycles. The van der Waals surface area contributed by atoms with Gasteiger partial charge in [-0.1, -0.05) is 94.5 Å². The molecule has 0 aromatic heterocycles. The van der Waals surface area contributed by atoms with Crippen LogP contribution < -0.4 is 0 Å². The van der Waals surface area contributed by atoms with Crippen molar-refractivity contribution in [2.24, 2.45) is 11.8 Å². The highest BCUT2D eigenvalue weighted by Gasteiger charge is 2.58. The summed E-state index contributed by atoms with van der Waals surface area (Å²) in [6, 6.07) is 0. The normalized spacial score (nSPS) is 35.8. The summed E-state index contributed by atoms with van der Waals surface area (Å²) >= 11 is 0. The number of hydrogen-bond donors (Lipinski definition) is 0. The summed E-state index contributed by atoms with van der Waals surface area (Å²) in [5, 5.41) is -0.214. The standard InChI is InChI=1S/C62H110O13Si3/c1-23-25-50(73-76(17,18)59(5,6)7)56-58(75-78(21,22)61(11,12)13)57(74-77(19,20)60(8,9)10)55-49(71-56)30-28-45(69-55)34-42(64)35-47-52(70-53(54(47)65-16)36-46-38-66-62(14,15)72-46)37-51-41(4)39(2)32-44(68-51)27-29-48-40(3)33-43(67-48)26-24-31-63/h23,25,31,39,43-58H,3-4,24,26-30,32-38H2,1-2,5-22H3/b25-23+/t39-,43+,44?,45-,46+,47+,48?,49+,50?,51-,52+,53-,54-,55+,56?,57?,58?/m1/s1. The van der Waals surface area contributed by atoms with Crippen LogP contribution >= 0.6 is 0 Å². The van der Waals surface area contributed by atoms with Crippen molar-refractivity contribution in [3.63, 3.8) is 0 Å². The molecular formula is C62H110O13Si3. The van der Waals surface area contributed by atoms with E-state index in [1.54, 1.807) is 7.11 Å². The van der Waals surface area contributed by atoms with Crippen molar-refractivity contribution in [3.05, 3.63) is 36.5 Å². The molecule has 0 amide bonds. The predicted octanol–water partition coefficient (Wildman–Crippen LogP) is 13.6. The molecule has 13 nitrogen and oxygen atoms in total. The van der Waals surface area contributed by atoms with Crippen molar-refractivity contribution in [3.8, 4) is 0 Å². The molecule has 6 heterocycles. The minimum Gasteiger partial charge on any atom is -0.408 e. The Hall–Kier alpha value is -1.23. The number of allylic oxidation sites excluding steroid dienone is 1. The van der Waals surface area contributed by atoms with Gasteiger partial charge >= 0.3 is 0 Å². The first-order chi connectivity index (χ1) is 36.0. The number of rotatable bonds is 23. The Morgan fingerprint density at radius 2 is 1.36 bits per heavy atom. The van der Waals surface area contributed by atoms with E-state index in [0.29, 0.717) is 38.7 Å². The highest BCUT2D eigenvalue weighted by molar-refractivity contribution is 6.75. The van der Waals surface area contributed by atoms with Crippen LogP contribution in [0.1, 0.15) is 167 Å². The highest BCUT2D eigenvalue weighted by Crippen LogP contribution is 2.49. The zero-order valence-electron chi connectivity index (χ0n) is 52.5. The second-order valence-electron chi connectivity index (χ2n) is 29.3. The lowest BCUT2D eigenvalue weighted by atomic mass is 9.81. The summed E-state index contributed by atoms with van der Waals surface area (Å²) in [6.07, 6.45) is 8.49. The fourth-order valence-electron chi connectivity index (χ4n) is 11.9. The number of aldehydes is 1. The Morgan fingerprint density at radius 3 is 1.94 bits per heavy atom. The fraction of sp³-hybridized carbons (Fsp3) is 0.871. The van der Waals surface area contributed by atoms with E-state index in [1.807, 2.05) is 13.8 Å². The Kier molecular flexibility index (Phi) is 21.9. The molecule has 6 rings (SSSR count). The van der Waals surface area contributed by atoms with E-state index in [1.165, 1.54) is 0 Å². The number of fused-ring (bicyclic) bond motifs is 1. The summed E-state index contributed by atoms with van der Waals surface area (Å²) in [7, 11) is -5.50. The third-order valence-corrected chi connectivity index (χ3v) is 33.1. The summed E-state index contributed by atoms with van der Waals surface area (Å²) in [5.41, 5.74) is 2.15. The molecule has 6 unspecified atom stereocenters. The van der Waals surface area contributed by atoms with Gasteiger partial charge in [0.05, 0.1) is 73.8 Å². The van der Waals surface area contributed by atoms with Crippen LogP contribution in [0.4, 0.5) is 0 Å². The summed E-state index contributed by atoms with van der Waals surface area (Å²) < 4.78 is 76.4. The molecule has 0 saturated carbocycles. The minimum atomic E-state index is -2.47. The van der Waals surface area contributed by atoms with Gasteiger partial charge in [0.2, 0.25) is 0 Å². The molecule has 0 radical (unpaired) electrons. The maximum Gasteiger partial charge on any atom is 0.193 e. The second-order valence-corrected chi connectivity index (χ2v) is 43.6. The smallest absolute Gasteiger partial charge is 0.193 e. The monoisotopic (exact) mass is 1150 g/mol. The quantitative estimate of drug-likeness (QED) is 0.0546. The van der Waals surface area contributed by atoms with Crippen LogP contribution in [0.3, 0.4) is 0 Å². The van der Waals surface area contributed by atoms with Gasteiger partial charge in [0.1, 0.15) is 36.5 Å². The van der Waals surface area contributed by atoms with Crippen LogP contribution in [0, 0.1) is 11.8 Å². The molecule has 6 fully saturated rings. The van der Waals surface area contributed by atoms with Gasteiger partial charge in [0.25, 0.3) is 0 Å². The highest BCUT2D eigenvalue weighted by atomic mass is 28.4. The predicted molar refractivity (Wildman–Crippen MR) is 317 cm³/mol. The van der Waals surface area contributed by atoms with Crippen molar-refractivity contribution >= 4 is 37.0 Å². The molecule has 0 aromatic rings. The lowest BCUT2D eigenvalue weighted by Gasteiger charge is -2.56. The Bertz CT molecular complexity index is 2050. The number of Topliss-reactive ketones (excluding diaryl/α,β-unsaturated/α-hetero) is 1. The third kappa shape index (κ3) is 16.1. The van der Waals surface area contributed by atoms with Crippen LogP contribution in [0.2, 0.25) is 54.4 Å². The van der Waals surface area contributed by atoms with E-state index >= 15 is 0 Å². The number of ether oxygens (including phenoxy) is 8. The topological polar surface area (TPSA) is 136 Å². The summed E-state index contributed by atoms with van der Waals surface area (Å²) in [5.74, 6) is -0.580. The van der Waals surface area contributed by atoms with E-state index < -0.39 is 55.2 Å². The second kappa shape index (κ2) is 25.9. The molecule has 17 atom stereocenters. The van der Waals surface area contributed by atoms with Gasteiger partial charge in [-0.2, -0.15) is 0 Å². The van der Waals surface area contributed by atoms with Gasteiger partial charge < -0.3 is 56.0 Å². The van der Waals surface area contributed by atoms with Gasteiger partial charge in [-0.15, -0.1) is 0 Å². The Labute approximate surface area is 476 Å².